The number of amides is 6. The van der Waals surface area contributed by atoms with Crippen LogP contribution in [-0.4, -0.2) is 119 Å². The van der Waals surface area contributed by atoms with Gasteiger partial charge in [-0.05, 0) is 136 Å². The Hall–Kier alpha value is -5.95. The average Bonchev–Trinajstić information content (AvgIpc) is 3.25. The fourth-order valence-electron chi connectivity index (χ4n) is 6.73. The molecule has 8 N–H and O–H groups in total. The van der Waals surface area contributed by atoms with Crippen LogP contribution in [0.2, 0.25) is 0 Å². The number of rotatable bonds is 26. The van der Waals surface area contributed by atoms with Gasteiger partial charge in [-0.25, -0.2) is 19.2 Å². The minimum absolute atomic E-state index is 0.0180. The van der Waals surface area contributed by atoms with Gasteiger partial charge in [0.05, 0.1) is 6.10 Å². The maximum absolute atomic E-state index is 14.3. The van der Waals surface area contributed by atoms with Crippen LogP contribution in [0.3, 0.4) is 0 Å². The van der Waals surface area contributed by atoms with Gasteiger partial charge in [0.15, 0.2) is 6.17 Å². The predicted molar refractivity (Wildman–Crippen MR) is 271 cm³/mol. The molecule has 0 aliphatic rings. The molecule has 5 atom stereocenters. The molecular formula is C52H83N7O12. The second-order valence-corrected chi connectivity index (χ2v) is 21.1. The standard InChI is InChI=1S/C52H83N7O12/c1-14-15-18-35-20-24-37(25-21-35)38-26-22-36(23-27-38)31-59(49(67)71-52(11,12)13)30-28-39(56-48(66)70-51(8,9)10)43(60)57-41(34(4)68-32-33(2)3)44(61)58-42(53)45(62)55-40(46(63)64)19-16-17-29-54-47(65)69-50(5,6)7/h20-27,33-34,39-42H,14-19,28-32,53H2,1-13H3,(H,54,65)(H,55,62)(H,56,66)(H,57,60)(H,58,61)(H,63,64)/t34-,39-,40+,41+,42-/m0/s1. The van der Waals surface area contributed by atoms with Gasteiger partial charge in [-0.3, -0.25) is 14.4 Å². The molecule has 0 bridgehead atoms. The number of unbranched alkanes of at least 4 members (excludes halogenated alkanes) is 2. The first-order valence-corrected chi connectivity index (χ1v) is 24.6. The van der Waals surface area contributed by atoms with Gasteiger partial charge in [0.2, 0.25) is 11.8 Å². The third-order valence-corrected chi connectivity index (χ3v) is 10.3. The lowest BCUT2D eigenvalue weighted by molar-refractivity contribution is -0.142. The highest BCUT2D eigenvalue weighted by Gasteiger charge is 2.35. The van der Waals surface area contributed by atoms with Crippen LogP contribution in [-0.2, 0) is 51.1 Å². The number of carboxylic acid groups (broad SMARTS) is 1. The van der Waals surface area contributed by atoms with E-state index in [1.807, 2.05) is 38.1 Å². The van der Waals surface area contributed by atoms with E-state index in [0.29, 0.717) is 12.8 Å². The van der Waals surface area contributed by atoms with Crippen LogP contribution in [0.25, 0.3) is 11.1 Å². The van der Waals surface area contributed by atoms with Crippen molar-refractivity contribution in [2.24, 2.45) is 11.7 Å². The summed E-state index contributed by atoms with van der Waals surface area (Å²) in [4.78, 5) is 94.0. The molecule has 19 heteroatoms. The Morgan fingerprint density at radius 3 is 1.70 bits per heavy atom. The van der Waals surface area contributed by atoms with Crippen molar-refractivity contribution in [1.82, 2.24) is 31.5 Å². The minimum Gasteiger partial charge on any atom is -0.480 e. The summed E-state index contributed by atoms with van der Waals surface area (Å²) in [5.41, 5.74) is 7.68. The van der Waals surface area contributed by atoms with E-state index in [4.69, 9.17) is 24.7 Å². The monoisotopic (exact) mass is 998 g/mol. The van der Waals surface area contributed by atoms with Crippen molar-refractivity contribution in [3.63, 3.8) is 0 Å². The van der Waals surface area contributed by atoms with Crippen LogP contribution in [0, 0.1) is 5.92 Å². The number of carboxylic acids is 1. The van der Waals surface area contributed by atoms with Crippen molar-refractivity contribution in [2.75, 3.05) is 19.7 Å². The average molecular weight is 998 g/mol. The number of hydrogen-bond donors (Lipinski definition) is 7. The molecule has 0 saturated carbocycles. The molecule has 71 heavy (non-hydrogen) atoms. The number of benzene rings is 2. The Morgan fingerprint density at radius 1 is 0.634 bits per heavy atom. The van der Waals surface area contributed by atoms with E-state index in [1.54, 1.807) is 62.3 Å². The lowest BCUT2D eigenvalue weighted by atomic mass is 10.0. The number of nitrogens with zero attached hydrogens (tertiary/aromatic N) is 1. The van der Waals surface area contributed by atoms with Crippen molar-refractivity contribution in [2.45, 2.75) is 189 Å². The van der Waals surface area contributed by atoms with E-state index in [2.05, 4.69) is 57.8 Å². The van der Waals surface area contributed by atoms with E-state index in [9.17, 15) is 38.7 Å². The Balaban J connectivity index is 2.34. The van der Waals surface area contributed by atoms with E-state index in [0.717, 1.165) is 36.0 Å². The molecule has 2 rings (SSSR count). The zero-order chi connectivity index (χ0) is 53.7. The lowest BCUT2D eigenvalue weighted by Gasteiger charge is -2.31. The van der Waals surface area contributed by atoms with E-state index in [-0.39, 0.29) is 45.0 Å². The number of nitrogens with two attached hydrogens (primary N) is 1. The maximum Gasteiger partial charge on any atom is 0.410 e. The molecule has 0 heterocycles. The summed E-state index contributed by atoms with van der Waals surface area (Å²) in [5.74, 6) is -4.14. The van der Waals surface area contributed by atoms with Crippen molar-refractivity contribution in [3.8, 4) is 11.1 Å². The van der Waals surface area contributed by atoms with Gasteiger partial charge in [-0.1, -0.05) is 75.7 Å². The van der Waals surface area contributed by atoms with Crippen LogP contribution in [0.4, 0.5) is 14.4 Å². The first-order valence-electron chi connectivity index (χ1n) is 24.6. The second kappa shape index (κ2) is 28.8. The molecule has 0 fully saturated rings. The van der Waals surface area contributed by atoms with E-state index >= 15 is 0 Å². The third kappa shape index (κ3) is 25.1. The summed E-state index contributed by atoms with van der Waals surface area (Å²) in [6.07, 6.45) is -1.26. The number of aliphatic carboxylic acids is 1. The predicted octanol–water partition coefficient (Wildman–Crippen LogP) is 6.93. The third-order valence-electron chi connectivity index (χ3n) is 10.3. The molecule has 0 radical (unpaired) electrons. The smallest absolute Gasteiger partial charge is 0.410 e. The van der Waals surface area contributed by atoms with Crippen LogP contribution in [0.1, 0.15) is 140 Å². The van der Waals surface area contributed by atoms with Crippen LogP contribution >= 0.6 is 0 Å². The van der Waals surface area contributed by atoms with Crippen molar-refractivity contribution in [1.29, 1.82) is 0 Å². The van der Waals surface area contributed by atoms with Gasteiger partial charge in [0, 0.05) is 26.2 Å². The van der Waals surface area contributed by atoms with Gasteiger partial charge in [-0.15, -0.1) is 0 Å². The number of hydrogen-bond acceptors (Lipinski definition) is 12. The fraction of sp³-hybridized carbons (Fsp3) is 0.635. The van der Waals surface area contributed by atoms with Gasteiger partial charge < -0.3 is 61.3 Å². The molecular weight excluding hydrogens is 915 g/mol. The normalized spacial score (nSPS) is 13.9. The molecule has 2 aromatic rings. The number of carbonyl (C=O) groups is 7. The fourth-order valence-corrected chi connectivity index (χ4v) is 6.73. The minimum atomic E-state index is -1.77. The Labute approximate surface area is 420 Å². The van der Waals surface area contributed by atoms with Gasteiger partial charge in [0.1, 0.15) is 34.9 Å². The van der Waals surface area contributed by atoms with Crippen LogP contribution in [0.15, 0.2) is 48.5 Å². The molecule has 0 saturated heterocycles. The summed E-state index contributed by atoms with van der Waals surface area (Å²) in [5, 5.41) is 22.3. The van der Waals surface area contributed by atoms with Crippen molar-refractivity contribution >= 4 is 42.0 Å². The molecule has 0 unspecified atom stereocenters. The summed E-state index contributed by atoms with van der Waals surface area (Å²) < 4.78 is 22.4. The Morgan fingerprint density at radius 2 is 1.18 bits per heavy atom. The molecule has 6 amide bonds. The van der Waals surface area contributed by atoms with E-state index < -0.39 is 89.2 Å². The number of alkyl carbamates (subject to hydrolysis) is 2. The van der Waals surface area contributed by atoms with Crippen molar-refractivity contribution < 1.29 is 57.6 Å². The molecule has 0 aliphatic carbocycles. The summed E-state index contributed by atoms with van der Waals surface area (Å²) >= 11 is 0. The highest BCUT2D eigenvalue weighted by atomic mass is 16.6. The zero-order valence-corrected chi connectivity index (χ0v) is 44.3. The van der Waals surface area contributed by atoms with Crippen LogP contribution in [0.5, 0.6) is 0 Å². The summed E-state index contributed by atoms with van der Waals surface area (Å²) in [6.45, 7) is 23.2. The number of aryl methyl sites for hydroxylation is 1. The molecule has 0 aliphatic heterocycles. The Kier molecular flexibility index (Phi) is 24.8. The highest BCUT2D eigenvalue weighted by Crippen LogP contribution is 2.23. The van der Waals surface area contributed by atoms with Gasteiger partial charge in [-0.2, -0.15) is 0 Å². The highest BCUT2D eigenvalue weighted by molar-refractivity contribution is 5.94. The van der Waals surface area contributed by atoms with Gasteiger partial charge >= 0.3 is 24.2 Å². The second-order valence-electron chi connectivity index (χ2n) is 21.1. The molecule has 0 spiro atoms. The number of carbonyl (C=O) groups excluding carboxylic acids is 6. The summed E-state index contributed by atoms with van der Waals surface area (Å²) in [6, 6.07) is 11.9. The van der Waals surface area contributed by atoms with E-state index in [1.165, 1.54) is 17.4 Å². The Bertz CT molecular complexity index is 2030. The van der Waals surface area contributed by atoms with Gasteiger partial charge in [0.25, 0.3) is 5.91 Å². The molecule has 398 valence electrons. The van der Waals surface area contributed by atoms with Crippen molar-refractivity contribution in [3.05, 3.63) is 59.7 Å². The maximum atomic E-state index is 14.3. The van der Waals surface area contributed by atoms with Crippen LogP contribution < -0.4 is 32.3 Å². The molecule has 19 nitrogen and oxygen atoms in total. The first kappa shape index (κ1) is 61.2. The SMILES string of the molecule is CCCCc1ccc(-c2ccc(CN(CC[C@H](NC(=O)OC(C)(C)C)C(=O)N[C@@H](C(=O)N[C@H](N)C(=O)N[C@H](CCCCNC(=O)OC(C)(C)C)C(=O)O)[C@H](C)OCC(C)C)C(=O)OC(C)(C)C)cc2)cc1. The molecule has 0 aromatic heterocycles. The largest absolute Gasteiger partial charge is 0.480 e. The number of ether oxygens (including phenoxy) is 4. The molecule has 2 aromatic carbocycles. The topological polar surface area (TPSA) is 266 Å². The lowest BCUT2D eigenvalue weighted by Crippen LogP contribution is -2.62. The zero-order valence-electron chi connectivity index (χ0n) is 44.3. The quantitative estimate of drug-likeness (QED) is 0.0287. The summed E-state index contributed by atoms with van der Waals surface area (Å²) in [7, 11) is 0. The number of nitrogens with one attached hydrogen (secondary N) is 5. The first-order chi connectivity index (χ1) is 33.0.